The van der Waals surface area contributed by atoms with E-state index in [1.807, 2.05) is 11.3 Å². The van der Waals surface area contributed by atoms with Crippen LogP contribution in [0.3, 0.4) is 0 Å². The molecular formula is C14H20Br2S. The molecule has 0 amide bonds. The fourth-order valence-corrected chi connectivity index (χ4v) is 5.74. The molecule has 1 atom stereocenters. The number of rotatable bonds is 4. The lowest BCUT2D eigenvalue weighted by atomic mass is 9.86. The molecule has 0 aromatic carbocycles. The Morgan fingerprint density at radius 2 is 2.06 bits per heavy atom. The van der Waals surface area contributed by atoms with Crippen LogP contribution in [0.2, 0.25) is 0 Å². The zero-order valence-corrected chi connectivity index (χ0v) is 14.3. The maximum Gasteiger partial charge on any atom is 0.0500 e. The molecule has 1 unspecified atom stereocenters. The molecule has 1 aliphatic carbocycles. The zero-order chi connectivity index (χ0) is 12.3. The molecule has 0 nitrogen and oxygen atoms in total. The second-order valence-corrected chi connectivity index (χ2v) is 8.37. The first-order valence-electron chi connectivity index (χ1n) is 6.56. The van der Waals surface area contributed by atoms with Crippen LogP contribution >= 0.6 is 43.2 Å². The van der Waals surface area contributed by atoms with Crippen molar-refractivity contribution in [2.45, 2.75) is 56.7 Å². The third-order valence-electron chi connectivity index (χ3n) is 3.67. The summed E-state index contributed by atoms with van der Waals surface area (Å²) >= 11 is 9.44. The maximum atomic E-state index is 3.86. The van der Waals surface area contributed by atoms with Crippen LogP contribution in [0, 0.1) is 12.8 Å². The van der Waals surface area contributed by atoms with Crippen molar-refractivity contribution in [3.05, 3.63) is 20.3 Å². The normalized spacial score (nSPS) is 19.5. The van der Waals surface area contributed by atoms with Crippen molar-refractivity contribution < 1.29 is 0 Å². The van der Waals surface area contributed by atoms with E-state index in [9.17, 15) is 0 Å². The summed E-state index contributed by atoms with van der Waals surface area (Å²) in [6.45, 7) is 2.18. The first-order valence-corrected chi connectivity index (χ1v) is 9.09. The number of aryl methyl sites for hydroxylation is 1. The highest BCUT2D eigenvalue weighted by atomic mass is 79.9. The van der Waals surface area contributed by atoms with E-state index in [2.05, 4.69) is 44.8 Å². The van der Waals surface area contributed by atoms with Gasteiger partial charge in [-0.15, -0.1) is 11.3 Å². The molecule has 3 heteroatoms. The Balaban J connectivity index is 1.84. The molecule has 1 aromatic heterocycles. The van der Waals surface area contributed by atoms with Crippen molar-refractivity contribution in [3.8, 4) is 0 Å². The van der Waals surface area contributed by atoms with E-state index >= 15 is 0 Å². The lowest BCUT2D eigenvalue weighted by molar-refractivity contribution is 0.332. The molecule has 0 N–H and O–H groups in total. The molecular weight excluding hydrogens is 360 g/mol. The second kappa shape index (κ2) is 6.72. The maximum absolute atomic E-state index is 3.86. The molecule has 1 saturated carbocycles. The average molecular weight is 380 g/mol. The molecule has 1 heterocycles. The molecule has 0 aliphatic heterocycles. The Morgan fingerprint density at radius 3 is 2.65 bits per heavy atom. The van der Waals surface area contributed by atoms with E-state index in [1.165, 1.54) is 59.2 Å². The highest BCUT2D eigenvalue weighted by Crippen LogP contribution is 2.40. The lowest BCUT2D eigenvalue weighted by Crippen LogP contribution is -2.06. The predicted octanol–water partition coefficient (Wildman–Crippen LogP) is 6.62. The first-order chi connectivity index (χ1) is 8.16. The minimum Gasteiger partial charge on any atom is -0.143 e. The summed E-state index contributed by atoms with van der Waals surface area (Å²) in [5, 5.41) is 0. The number of hydrogen-bond donors (Lipinski definition) is 0. The SMILES string of the molecule is Cc1cc(Br)c(C(Br)CCC2CCCCC2)s1. The molecule has 0 bridgehead atoms. The van der Waals surface area contributed by atoms with Gasteiger partial charge in [0.2, 0.25) is 0 Å². The highest BCUT2D eigenvalue weighted by molar-refractivity contribution is 9.11. The van der Waals surface area contributed by atoms with Gasteiger partial charge in [-0.3, -0.25) is 0 Å². The van der Waals surface area contributed by atoms with Gasteiger partial charge in [-0.05, 0) is 47.7 Å². The molecule has 96 valence electrons. The van der Waals surface area contributed by atoms with E-state index < -0.39 is 0 Å². The molecule has 1 fully saturated rings. The summed E-state index contributed by atoms with van der Waals surface area (Å²) in [6, 6.07) is 2.23. The van der Waals surface area contributed by atoms with Crippen LogP contribution in [0.1, 0.15) is 59.5 Å². The summed E-state index contributed by atoms with van der Waals surface area (Å²) in [7, 11) is 0. The summed E-state index contributed by atoms with van der Waals surface area (Å²) in [5.74, 6) is 0.989. The number of alkyl halides is 1. The molecule has 1 aliphatic rings. The molecule has 0 radical (unpaired) electrons. The van der Waals surface area contributed by atoms with Gasteiger partial charge in [-0.1, -0.05) is 48.0 Å². The third-order valence-corrected chi connectivity index (χ3v) is 6.98. The van der Waals surface area contributed by atoms with Gasteiger partial charge in [0.05, 0.1) is 4.83 Å². The van der Waals surface area contributed by atoms with E-state index in [-0.39, 0.29) is 0 Å². The van der Waals surface area contributed by atoms with Gasteiger partial charge in [0.15, 0.2) is 0 Å². The van der Waals surface area contributed by atoms with Crippen LogP contribution < -0.4 is 0 Å². The molecule has 0 saturated heterocycles. The van der Waals surface area contributed by atoms with Crippen LogP contribution in [-0.4, -0.2) is 0 Å². The summed E-state index contributed by atoms with van der Waals surface area (Å²) in [6.07, 6.45) is 9.97. The Labute approximate surface area is 125 Å². The van der Waals surface area contributed by atoms with Crippen molar-refractivity contribution >= 4 is 43.2 Å². The van der Waals surface area contributed by atoms with Crippen LogP contribution in [0.5, 0.6) is 0 Å². The van der Waals surface area contributed by atoms with Gasteiger partial charge in [-0.2, -0.15) is 0 Å². The summed E-state index contributed by atoms with van der Waals surface area (Å²) < 4.78 is 1.28. The van der Waals surface area contributed by atoms with Crippen molar-refractivity contribution in [1.82, 2.24) is 0 Å². The summed E-state index contributed by atoms with van der Waals surface area (Å²) in [4.78, 5) is 3.41. The van der Waals surface area contributed by atoms with Crippen molar-refractivity contribution in [2.75, 3.05) is 0 Å². The first kappa shape index (κ1) is 14.1. The smallest absolute Gasteiger partial charge is 0.0500 e. The Kier molecular flexibility index (Phi) is 5.56. The van der Waals surface area contributed by atoms with Crippen LogP contribution in [0.15, 0.2) is 10.5 Å². The zero-order valence-electron chi connectivity index (χ0n) is 10.3. The Morgan fingerprint density at radius 1 is 1.35 bits per heavy atom. The van der Waals surface area contributed by atoms with Gasteiger partial charge >= 0.3 is 0 Å². The van der Waals surface area contributed by atoms with Crippen LogP contribution in [0.4, 0.5) is 0 Å². The number of hydrogen-bond acceptors (Lipinski definition) is 1. The average Bonchev–Trinajstić information content (AvgIpc) is 2.67. The van der Waals surface area contributed by atoms with Gasteiger partial charge in [0, 0.05) is 14.2 Å². The quantitative estimate of drug-likeness (QED) is 0.516. The van der Waals surface area contributed by atoms with Crippen molar-refractivity contribution in [1.29, 1.82) is 0 Å². The molecule has 17 heavy (non-hydrogen) atoms. The minimum absolute atomic E-state index is 0.539. The van der Waals surface area contributed by atoms with E-state index in [0.29, 0.717) is 4.83 Å². The van der Waals surface area contributed by atoms with Crippen LogP contribution in [0.25, 0.3) is 0 Å². The van der Waals surface area contributed by atoms with Gasteiger partial charge < -0.3 is 0 Å². The fourth-order valence-electron chi connectivity index (χ4n) is 2.70. The van der Waals surface area contributed by atoms with Crippen LogP contribution in [-0.2, 0) is 0 Å². The van der Waals surface area contributed by atoms with E-state index in [0.717, 1.165) is 5.92 Å². The van der Waals surface area contributed by atoms with E-state index in [4.69, 9.17) is 0 Å². The van der Waals surface area contributed by atoms with Gasteiger partial charge in [-0.25, -0.2) is 0 Å². The standard InChI is InChI=1S/C14H20Br2S/c1-10-9-13(16)14(17-10)12(15)8-7-11-5-3-2-4-6-11/h9,11-12H,2-8H2,1H3. The second-order valence-electron chi connectivity index (χ2n) is 5.12. The van der Waals surface area contributed by atoms with Crippen molar-refractivity contribution in [2.24, 2.45) is 5.92 Å². The van der Waals surface area contributed by atoms with E-state index in [1.54, 1.807) is 0 Å². The molecule has 0 spiro atoms. The predicted molar refractivity (Wildman–Crippen MR) is 84.2 cm³/mol. The topological polar surface area (TPSA) is 0 Å². The fraction of sp³-hybridized carbons (Fsp3) is 0.714. The number of halogens is 2. The monoisotopic (exact) mass is 378 g/mol. The Hall–Kier alpha value is 0.660. The number of thiophene rings is 1. The van der Waals surface area contributed by atoms with Crippen molar-refractivity contribution in [3.63, 3.8) is 0 Å². The largest absolute Gasteiger partial charge is 0.143 e. The van der Waals surface area contributed by atoms with Gasteiger partial charge in [0.25, 0.3) is 0 Å². The minimum atomic E-state index is 0.539. The van der Waals surface area contributed by atoms with Gasteiger partial charge in [0.1, 0.15) is 0 Å². The highest BCUT2D eigenvalue weighted by Gasteiger charge is 2.18. The molecule has 1 aromatic rings. The molecule has 2 rings (SSSR count). The lowest BCUT2D eigenvalue weighted by Gasteiger charge is -2.22. The third kappa shape index (κ3) is 4.07. The Bertz CT molecular complexity index is 353. The summed E-state index contributed by atoms with van der Waals surface area (Å²) in [5.41, 5.74) is 0.